The van der Waals surface area contributed by atoms with Crippen molar-refractivity contribution in [1.82, 2.24) is 9.97 Å². The molecule has 0 amide bonds. The van der Waals surface area contributed by atoms with Crippen LogP contribution in [-0.4, -0.2) is 45.8 Å². The number of nitrogens with one attached hydrogen (secondary N) is 1. The summed E-state index contributed by atoms with van der Waals surface area (Å²) < 4.78 is 26.6. The molecule has 0 spiro atoms. The van der Waals surface area contributed by atoms with Crippen LogP contribution >= 0.6 is 0 Å². The van der Waals surface area contributed by atoms with Crippen molar-refractivity contribution in [2.24, 2.45) is 0 Å². The molecule has 0 unspecified atom stereocenters. The Labute approximate surface area is 164 Å². The summed E-state index contributed by atoms with van der Waals surface area (Å²) in [4.78, 5) is 8.84. The van der Waals surface area contributed by atoms with Crippen LogP contribution in [0.5, 0.6) is 0 Å². The zero-order chi connectivity index (χ0) is 18.8. The summed E-state index contributed by atoms with van der Waals surface area (Å²) in [6.07, 6.45) is 16.0. The van der Waals surface area contributed by atoms with Crippen LogP contribution in [0, 0.1) is 0 Å². The van der Waals surface area contributed by atoms with Crippen molar-refractivity contribution in [1.29, 1.82) is 0 Å². The van der Waals surface area contributed by atoms with E-state index in [1.54, 1.807) is 12.4 Å². The average Bonchev–Trinajstić information content (AvgIpc) is 2.56. The normalized spacial score (nSPS) is 12.3. The molecule has 2 radical (unpaired) electrons. The predicted molar refractivity (Wildman–Crippen MR) is 107 cm³/mol. The monoisotopic (exact) mass is 475 g/mol. The van der Waals surface area contributed by atoms with E-state index in [0.717, 1.165) is 9.97 Å². The van der Waals surface area contributed by atoms with Crippen molar-refractivity contribution >= 4 is 40.7 Å². The minimum absolute atomic E-state index is 0.312. The molecule has 7 heteroatoms. The first-order valence-corrected chi connectivity index (χ1v) is 14.2. The minimum atomic E-state index is -3.30. The van der Waals surface area contributed by atoms with Crippen molar-refractivity contribution in [3.8, 4) is 0 Å². The summed E-state index contributed by atoms with van der Waals surface area (Å²) in [6.45, 7) is 6.79. The number of nitrogens with zero attached hydrogens (tertiary/aromatic N) is 2. The Kier molecular flexibility index (Phi) is 10.3. The maximum absolute atomic E-state index is 11.3. The van der Waals surface area contributed by atoms with E-state index in [0.29, 0.717) is 9.25 Å². The van der Waals surface area contributed by atoms with E-state index in [9.17, 15) is 8.42 Å². The summed E-state index contributed by atoms with van der Waals surface area (Å²) in [6, 6.07) is 0. The molecule has 25 heavy (non-hydrogen) atoms. The van der Waals surface area contributed by atoms with Gasteiger partial charge in [0.1, 0.15) is 0 Å². The summed E-state index contributed by atoms with van der Waals surface area (Å²) in [5.74, 6) is 0.312. The van der Waals surface area contributed by atoms with Gasteiger partial charge in [-0.2, -0.15) is 0 Å². The molecule has 0 aliphatic rings. The number of anilines is 1. The number of rotatable bonds is 13. The molecule has 0 aliphatic heterocycles. The predicted octanol–water partition coefficient (Wildman–Crippen LogP) is 3.91. The van der Waals surface area contributed by atoms with Crippen molar-refractivity contribution in [2.45, 2.75) is 82.0 Å². The van der Waals surface area contributed by atoms with Gasteiger partial charge in [0.2, 0.25) is 0 Å². The molecular formula is C18H33N3O2SSn. The molecule has 0 aromatic carbocycles. The number of unbranched alkanes of at least 4 members (excludes halogenated alkanes) is 3. The molecule has 5 nitrogen and oxygen atoms in total. The van der Waals surface area contributed by atoms with Gasteiger partial charge in [0.25, 0.3) is 0 Å². The molecular weight excluding hydrogens is 441 g/mol. The van der Waals surface area contributed by atoms with Gasteiger partial charge >= 0.3 is 164 Å². The van der Waals surface area contributed by atoms with Gasteiger partial charge in [0, 0.05) is 0 Å². The quantitative estimate of drug-likeness (QED) is 0.441. The zero-order valence-electron chi connectivity index (χ0n) is 16.1. The van der Waals surface area contributed by atoms with Crippen molar-refractivity contribution in [2.75, 3.05) is 11.0 Å². The second kappa shape index (κ2) is 11.4. The molecule has 1 aromatic rings. The molecule has 1 N–H and O–H groups in total. The van der Waals surface area contributed by atoms with E-state index in [1.807, 2.05) is 0 Å². The fourth-order valence-electron chi connectivity index (χ4n) is 3.01. The third kappa shape index (κ3) is 9.22. The summed E-state index contributed by atoms with van der Waals surface area (Å²) >= 11 is -0.911. The first-order chi connectivity index (χ1) is 11.8. The van der Waals surface area contributed by atoms with Crippen molar-refractivity contribution in [3.05, 3.63) is 12.4 Å². The second-order valence-electron chi connectivity index (χ2n) is 6.88. The third-order valence-electron chi connectivity index (χ3n) is 4.36. The Morgan fingerprint density at radius 1 is 0.960 bits per heavy atom. The SMILES string of the molecule is CCCC[C](CCCC)(CCCC)[Sn][c]1cnc(NS(C)(=O)=O)cn1. The molecule has 0 fully saturated rings. The van der Waals surface area contributed by atoms with E-state index in [4.69, 9.17) is 0 Å². The van der Waals surface area contributed by atoms with Crippen LogP contribution in [0.4, 0.5) is 5.82 Å². The van der Waals surface area contributed by atoms with Crippen LogP contribution < -0.4 is 8.43 Å². The van der Waals surface area contributed by atoms with E-state index >= 15 is 0 Å². The van der Waals surface area contributed by atoms with E-state index in [1.165, 1.54) is 57.8 Å². The fourth-order valence-corrected chi connectivity index (χ4v) is 8.37. The Balaban J connectivity index is 2.93. The van der Waals surface area contributed by atoms with Crippen LogP contribution in [0.15, 0.2) is 12.4 Å². The van der Waals surface area contributed by atoms with Gasteiger partial charge in [-0.15, -0.1) is 0 Å². The Morgan fingerprint density at radius 2 is 1.48 bits per heavy atom. The number of hydrogen-bond acceptors (Lipinski definition) is 4. The first kappa shape index (κ1) is 22.7. The first-order valence-electron chi connectivity index (χ1n) is 9.42. The molecule has 0 saturated heterocycles. The van der Waals surface area contributed by atoms with Gasteiger partial charge in [0.15, 0.2) is 0 Å². The van der Waals surface area contributed by atoms with Gasteiger partial charge < -0.3 is 0 Å². The number of aromatic nitrogens is 2. The molecule has 1 heterocycles. The molecule has 1 aromatic heterocycles. The van der Waals surface area contributed by atoms with Gasteiger partial charge in [-0.05, 0) is 0 Å². The fraction of sp³-hybridized carbons (Fsp3) is 0.778. The van der Waals surface area contributed by atoms with Crippen LogP contribution in [0.25, 0.3) is 0 Å². The van der Waals surface area contributed by atoms with Crippen LogP contribution in [0.1, 0.15) is 78.6 Å². The topological polar surface area (TPSA) is 72.0 Å². The standard InChI is InChI=1S/C13H27.C5H6N3O2S.Sn/c1-4-7-10-13(11-8-5-2)12-9-6-3;1-11(9,10)8-5-4-6-2-3-7-5;/h4-12H2,1-3H3;3-4H,1H3,(H,7,8);. The van der Waals surface area contributed by atoms with Crippen molar-refractivity contribution < 1.29 is 8.42 Å². The summed E-state index contributed by atoms with van der Waals surface area (Å²) in [5.41, 5.74) is 0. The third-order valence-corrected chi connectivity index (χ3v) is 10.1. The van der Waals surface area contributed by atoms with Crippen molar-refractivity contribution in [3.63, 3.8) is 0 Å². The van der Waals surface area contributed by atoms with E-state index in [-0.39, 0.29) is 0 Å². The Hall–Kier alpha value is -0.371. The summed E-state index contributed by atoms with van der Waals surface area (Å²) in [5, 5.41) is 0. The number of sulfonamides is 1. The van der Waals surface area contributed by atoms with Crippen LogP contribution in [0.2, 0.25) is 3.43 Å². The average molecular weight is 474 g/mol. The molecule has 1 rings (SSSR count). The van der Waals surface area contributed by atoms with Crippen LogP contribution in [0.3, 0.4) is 0 Å². The van der Waals surface area contributed by atoms with Gasteiger partial charge in [-0.3, -0.25) is 0 Å². The van der Waals surface area contributed by atoms with Crippen LogP contribution in [-0.2, 0) is 10.0 Å². The molecule has 0 bridgehead atoms. The van der Waals surface area contributed by atoms with Gasteiger partial charge in [-0.1, -0.05) is 0 Å². The maximum atomic E-state index is 11.3. The Bertz CT molecular complexity index is 569. The molecule has 0 atom stereocenters. The van der Waals surface area contributed by atoms with E-state index in [2.05, 4.69) is 35.5 Å². The number of hydrogen-bond donors (Lipinski definition) is 1. The molecule has 142 valence electrons. The zero-order valence-corrected chi connectivity index (χ0v) is 19.8. The molecule has 0 aliphatic carbocycles. The van der Waals surface area contributed by atoms with Gasteiger partial charge in [0.05, 0.1) is 0 Å². The molecule has 0 saturated carbocycles. The second-order valence-corrected chi connectivity index (χ2v) is 13.8. The van der Waals surface area contributed by atoms with Gasteiger partial charge in [-0.25, -0.2) is 0 Å². The summed E-state index contributed by atoms with van der Waals surface area (Å²) in [7, 11) is -3.30. The van der Waals surface area contributed by atoms with E-state index < -0.39 is 31.2 Å². The Morgan fingerprint density at radius 3 is 1.84 bits per heavy atom.